The van der Waals surface area contributed by atoms with Crippen molar-refractivity contribution in [2.24, 2.45) is 0 Å². The van der Waals surface area contributed by atoms with E-state index in [9.17, 15) is 0 Å². The van der Waals surface area contributed by atoms with E-state index in [2.05, 4.69) is 17.2 Å². The first-order valence-corrected chi connectivity index (χ1v) is 5.37. The highest BCUT2D eigenvalue weighted by atomic mass is 15.0. The lowest BCUT2D eigenvalue weighted by Gasteiger charge is -2.10. The quantitative estimate of drug-likeness (QED) is 0.393. The van der Waals surface area contributed by atoms with Crippen molar-refractivity contribution in [1.29, 1.82) is 5.41 Å². The van der Waals surface area contributed by atoms with E-state index in [1.807, 2.05) is 55.5 Å². The number of nitrogens with one attached hydrogen (secondary N) is 3. The second kappa shape index (κ2) is 7.06. The fourth-order valence-electron chi connectivity index (χ4n) is 1.29. The third kappa shape index (κ3) is 4.38. The summed E-state index contributed by atoms with van der Waals surface area (Å²) in [6, 6.07) is 7.67. The Labute approximate surface area is 102 Å². The van der Waals surface area contributed by atoms with Gasteiger partial charge in [0.15, 0.2) is 0 Å². The zero-order valence-corrected chi connectivity index (χ0v) is 9.90. The Morgan fingerprint density at radius 1 is 1.24 bits per heavy atom. The van der Waals surface area contributed by atoms with Gasteiger partial charge in [0.1, 0.15) is 0 Å². The Hall–Kier alpha value is -2.29. The van der Waals surface area contributed by atoms with Gasteiger partial charge in [-0.3, -0.25) is 5.41 Å². The number of anilines is 2. The number of benzene rings is 1. The molecule has 0 saturated heterocycles. The monoisotopic (exact) mass is 227 g/mol. The van der Waals surface area contributed by atoms with E-state index < -0.39 is 0 Å². The Morgan fingerprint density at radius 2 is 1.94 bits per heavy atom. The second-order valence-corrected chi connectivity index (χ2v) is 3.37. The van der Waals surface area contributed by atoms with E-state index in [1.54, 1.807) is 0 Å². The maximum Gasteiger partial charge on any atom is 0.0835 e. The lowest BCUT2D eigenvalue weighted by atomic mass is 10.2. The minimum atomic E-state index is 0.794. The molecule has 88 valence electrons. The summed E-state index contributed by atoms with van der Waals surface area (Å²) >= 11 is 0. The van der Waals surface area contributed by atoms with Crippen LogP contribution in [0.5, 0.6) is 0 Å². The van der Waals surface area contributed by atoms with Gasteiger partial charge < -0.3 is 10.6 Å². The zero-order valence-electron chi connectivity index (χ0n) is 9.90. The molecular weight excluding hydrogens is 210 g/mol. The predicted octanol–water partition coefficient (Wildman–Crippen LogP) is 3.76. The highest BCUT2D eigenvalue weighted by Gasteiger charge is 1.98. The molecule has 1 aromatic carbocycles. The van der Waals surface area contributed by atoms with Gasteiger partial charge in [0.05, 0.1) is 17.7 Å². The molecule has 0 aliphatic heterocycles. The van der Waals surface area contributed by atoms with Crippen LogP contribution in [0.2, 0.25) is 0 Å². The Morgan fingerprint density at radius 3 is 2.59 bits per heavy atom. The molecule has 0 unspecified atom stereocenters. The van der Waals surface area contributed by atoms with Gasteiger partial charge in [0.25, 0.3) is 0 Å². The first-order chi connectivity index (χ1) is 8.27. The fraction of sp³-hybridized carbons (Fsp3) is 0.0714. The molecule has 0 aliphatic rings. The van der Waals surface area contributed by atoms with Gasteiger partial charge in [-0.25, -0.2) is 0 Å². The van der Waals surface area contributed by atoms with Crippen LogP contribution in [-0.2, 0) is 0 Å². The summed E-state index contributed by atoms with van der Waals surface area (Å²) in [5.41, 5.74) is 2.54. The third-order valence-corrected chi connectivity index (χ3v) is 2.05. The smallest absolute Gasteiger partial charge is 0.0835 e. The lowest BCUT2D eigenvalue weighted by molar-refractivity contribution is 1.47. The summed E-state index contributed by atoms with van der Waals surface area (Å²) in [5.74, 6) is 0. The predicted molar refractivity (Wildman–Crippen MR) is 75.6 cm³/mol. The lowest BCUT2D eigenvalue weighted by Crippen LogP contribution is -2.01. The highest BCUT2D eigenvalue weighted by Crippen LogP contribution is 2.21. The third-order valence-electron chi connectivity index (χ3n) is 2.05. The number of para-hydroxylation sites is 2. The molecule has 0 bridgehead atoms. The largest absolute Gasteiger partial charge is 0.354 e. The normalized spacial score (nSPS) is 10.6. The second-order valence-electron chi connectivity index (χ2n) is 3.37. The molecule has 1 rings (SSSR count). The molecule has 0 saturated carbocycles. The molecule has 3 heteroatoms. The van der Waals surface area contributed by atoms with Crippen LogP contribution in [0.3, 0.4) is 0 Å². The number of hydrogen-bond acceptors (Lipinski definition) is 2. The Kier molecular flexibility index (Phi) is 5.31. The summed E-state index contributed by atoms with van der Waals surface area (Å²) in [5, 5.41) is 13.1. The van der Waals surface area contributed by atoms with Gasteiger partial charge >= 0.3 is 0 Å². The molecular formula is C14H17N3. The summed E-state index contributed by atoms with van der Waals surface area (Å²) in [7, 11) is 0. The molecule has 3 nitrogen and oxygen atoms in total. The van der Waals surface area contributed by atoms with E-state index in [4.69, 9.17) is 5.41 Å². The van der Waals surface area contributed by atoms with Gasteiger partial charge in [-0.2, -0.15) is 0 Å². The van der Waals surface area contributed by atoms with Gasteiger partial charge in [0.2, 0.25) is 0 Å². The van der Waals surface area contributed by atoms with Gasteiger partial charge in [-0.1, -0.05) is 36.9 Å². The molecule has 0 heterocycles. The van der Waals surface area contributed by atoms with E-state index in [0.29, 0.717) is 0 Å². The average Bonchev–Trinajstić information content (AvgIpc) is 2.32. The average molecular weight is 227 g/mol. The zero-order chi connectivity index (χ0) is 12.5. The van der Waals surface area contributed by atoms with Crippen LogP contribution in [0.1, 0.15) is 6.92 Å². The SMILES string of the molecule is C=C(/C=C\C=C/C)Nc1ccccc1NC=N. The van der Waals surface area contributed by atoms with Crippen molar-refractivity contribution in [3.63, 3.8) is 0 Å². The van der Waals surface area contributed by atoms with Crippen LogP contribution in [0, 0.1) is 5.41 Å². The maximum absolute atomic E-state index is 7.05. The molecule has 0 aliphatic carbocycles. The van der Waals surface area contributed by atoms with Crippen LogP contribution in [0.15, 0.2) is 60.8 Å². The molecule has 0 spiro atoms. The van der Waals surface area contributed by atoms with Crippen molar-refractivity contribution in [1.82, 2.24) is 0 Å². The molecule has 0 atom stereocenters. The summed E-state index contributed by atoms with van der Waals surface area (Å²) < 4.78 is 0. The van der Waals surface area contributed by atoms with Gasteiger partial charge in [-0.15, -0.1) is 0 Å². The van der Waals surface area contributed by atoms with Crippen LogP contribution in [-0.4, -0.2) is 6.34 Å². The molecule has 0 amide bonds. The minimum Gasteiger partial charge on any atom is -0.354 e. The van der Waals surface area contributed by atoms with Crippen molar-refractivity contribution in [3.8, 4) is 0 Å². The van der Waals surface area contributed by atoms with Crippen LogP contribution in [0.4, 0.5) is 11.4 Å². The molecule has 1 aromatic rings. The van der Waals surface area contributed by atoms with Gasteiger partial charge in [-0.05, 0) is 25.1 Å². The highest BCUT2D eigenvalue weighted by molar-refractivity contribution is 5.82. The van der Waals surface area contributed by atoms with Crippen molar-refractivity contribution >= 4 is 17.7 Å². The van der Waals surface area contributed by atoms with E-state index in [-0.39, 0.29) is 0 Å². The molecule has 3 N–H and O–H groups in total. The van der Waals surface area contributed by atoms with Crippen LogP contribution >= 0.6 is 0 Å². The van der Waals surface area contributed by atoms with E-state index in [1.165, 1.54) is 0 Å². The Balaban J connectivity index is 2.73. The summed E-state index contributed by atoms with van der Waals surface area (Å²) in [6.07, 6.45) is 8.85. The first-order valence-electron chi connectivity index (χ1n) is 5.37. The standard InChI is InChI=1S/C14H17N3/c1-3-4-5-8-12(2)17-14-10-7-6-9-13(14)16-11-15/h3-11,17H,2H2,1H3,(H2,15,16)/b4-3-,8-5-. The van der Waals surface area contributed by atoms with Gasteiger partial charge in [0, 0.05) is 5.70 Å². The molecule has 0 radical (unpaired) electrons. The van der Waals surface area contributed by atoms with E-state index >= 15 is 0 Å². The van der Waals surface area contributed by atoms with E-state index in [0.717, 1.165) is 23.4 Å². The topological polar surface area (TPSA) is 47.9 Å². The van der Waals surface area contributed by atoms with Crippen molar-refractivity contribution in [2.45, 2.75) is 6.92 Å². The summed E-state index contributed by atoms with van der Waals surface area (Å²) in [6.45, 7) is 5.87. The molecule has 17 heavy (non-hydrogen) atoms. The first kappa shape index (κ1) is 12.8. The minimum absolute atomic E-state index is 0.794. The maximum atomic E-state index is 7.05. The fourth-order valence-corrected chi connectivity index (χ4v) is 1.29. The van der Waals surface area contributed by atoms with Crippen molar-refractivity contribution in [2.75, 3.05) is 10.6 Å². The summed E-state index contributed by atoms with van der Waals surface area (Å²) in [4.78, 5) is 0. The van der Waals surface area contributed by atoms with Crippen LogP contribution < -0.4 is 10.6 Å². The van der Waals surface area contributed by atoms with Crippen molar-refractivity contribution in [3.05, 3.63) is 60.8 Å². The Bertz CT molecular complexity index is 445. The van der Waals surface area contributed by atoms with Crippen LogP contribution in [0.25, 0.3) is 0 Å². The molecule has 0 aromatic heterocycles. The molecule has 0 fully saturated rings. The number of allylic oxidation sites excluding steroid dienone is 4. The van der Waals surface area contributed by atoms with Crippen molar-refractivity contribution < 1.29 is 0 Å². The number of hydrogen-bond donors (Lipinski definition) is 3. The number of rotatable bonds is 6.